The molecule has 2 rings (SSSR count). The quantitative estimate of drug-likeness (QED) is 0.624. The second-order valence-electron chi connectivity index (χ2n) is 5.13. The van der Waals surface area contributed by atoms with E-state index >= 15 is 0 Å². The number of rotatable bonds is 7. The molecule has 0 aliphatic rings. The Kier molecular flexibility index (Phi) is 7.14. The van der Waals surface area contributed by atoms with Crippen molar-refractivity contribution in [3.8, 4) is 23.3 Å². The zero-order valence-electron chi connectivity index (χ0n) is 14.2. The first kappa shape index (κ1) is 18.2. The standard InChI is InChI=1S/C21H21NO3/c1-3-10-17-11-4-6-13-19(17)25-16-9-8-15-22-21(23)18-12-5-7-14-20(18)24-2/h3-7,11-14H,1,10,15-16H2,2H3,(H,22,23). The van der Waals surface area contributed by atoms with Gasteiger partial charge in [0.05, 0.1) is 19.2 Å². The van der Waals surface area contributed by atoms with Crippen LogP contribution in [-0.2, 0) is 6.42 Å². The third kappa shape index (κ3) is 5.43. The molecule has 2 aromatic carbocycles. The van der Waals surface area contributed by atoms with Crippen LogP contribution >= 0.6 is 0 Å². The molecule has 0 spiro atoms. The highest BCUT2D eigenvalue weighted by atomic mass is 16.5. The highest BCUT2D eigenvalue weighted by Gasteiger charge is 2.09. The second kappa shape index (κ2) is 9.84. The minimum absolute atomic E-state index is 0.219. The van der Waals surface area contributed by atoms with Crippen LogP contribution in [0.15, 0.2) is 61.2 Å². The average Bonchev–Trinajstić information content (AvgIpc) is 2.65. The van der Waals surface area contributed by atoms with Gasteiger partial charge in [-0.1, -0.05) is 48.2 Å². The molecular weight excluding hydrogens is 314 g/mol. The van der Waals surface area contributed by atoms with Gasteiger partial charge in [-0.25, -0.2) is 0 Å². The number of nitrogens with one attached hydrogen (secondary N) is 1. The molecule has 1 amide bonds. The summed E-state index contributed by atoms with van der Waals surface area (Å²) in [4.78, 5) is 12.1. The number of hydrogen-bond donors (Lipinski definition) is 1. The largest absolute Gasteiger partial charge is 0.496 e. The van der Waals surface area contributed by atoms with Gasteiger partial charge >= 0.3 is 0 Å². The average molecular weight is 335 g/mol. The molecule has 25 heavy (non-hydrogen) atoms. The molecule has 0 radical (unpaired) electrons. The van der Waals surface area contributed by atoms with Crippen molar-refractivity contribution in [1.29, 1.82) is 0 Å². The first-order chi connectivity index (χ1) is 12.3. The van der Waals surface area contributed by atoms with Crippen LogP contribution in [0, 0.1) is 11.8 Å². The Hall–Kier alpha value is -3.19. The molecule has 0 aromatic heterocycles. The van der Waals surface area contributed by atoms with Crippen LogP contribution in [0.4, 0.5) is 0 Å². The molecule has 0 aliphatic carbocycles. The number of amides is 1. The molecule has 128 valence electrons. The predicted molar refractivity (Wildman–Crippen MR) is 98.9 cm³/mol. The van der Waals surface area contributed by atoms with E-state index in [0.29, 0.717) is 11.3 Å². The number of hydrogen-bond acceptors (Lipinski definition) is 3. The molecule has 0 bridgehead atoms. The monoisotopic (exact) mass is 335 g/mol. The molecule has 1 N–H and O–H groups in total. The van der Waals surface area contributed by atoms with E-state index in [-0.39, 0.29) is 19.1 Å². The number of carbonyl (C=O) groups is 1. The normalized spacial score (nSPS) is 9.48. The van der Waals surface area contributed by atoms with Gasteiger partial charge in [-0.05, 0) is 30.2 Å². The maximum absolute atomic E-state index is 12.1. The summed E-state index contributed by atoms with van der Waals surface area (Å²) in [6.45, 7) is 4.25. The Morgan fingerprint density at radius 3 is 2.60 bits per heavy atom. The van der Waals surface area contributed by atoms with Gasteiger partial charge in [0.15, 0.2) is 0 Å². The summed E-state index contributed by atoms with van der Waals surface area (Å²) in [7, 11) is 1.54. The third-order valence-corrected chi connectivity index (χ3v) is 3.45. The highest BCUT2D eigenvalue weighted by Crippen LogP contribution is 2.18. The van der Waals surface area contributed by atoms with Crippen molar-refractivity contribution in [3.63, 3.8) is 0 Å². The van der Waals surface area contributed by atoms with Crippen LogP contribution in [0.1, 0.15) is 15.9 Å². The lowest BCUT2D eigenvalue weighted by molar-refractivity contribution is 0.0955. The van der Waals surface area contributed by atoms with Crippen LogP contribution < -0.4 is 14.8 Å². The summed E-state index contributed by atoms with van der Waals surface area (Å²) in [5.41, 5.74) is 1.56. The lowest BCUT2D eigenvalue weighted by Crippen LogP contribution is -2.24. The molecule has 0 aliphatic heterocycles. The van der Waals surface area contributed by atoms with E-state index in [1.165, 1.54) is 7.11 Å². The van der Waals surface area contributed by atoms with E-state index in [1.807, 2.05) is 36.4 Å². The first-order valence-corrected chi connectivity index (χ1v) is 7.94. The first-order valence-electron chi connectivity index (χ1n) is 7.94. The van der Waals surface area contributed by atoms with Gasteiger partial charge in [0.2, 0.25) is 0 Å². The van der Waals surface area contributed by atoms with Crippen molar-refractivity contribution in [2.45, 2.75) is 6.42 Å². The number of para-hydroxylation sites is 2. The van der Waals surface area contributed by atoms with Gasteiger partial charge in [0, 0.05) is 0 Å². The molecule has 0 saturated carbocycles. The number of allylic oxidation sites excluding steroid dienone is 1. The molecule has 4 heteroatoms. The summed E-state index contributed by atoms with van der Waals surface area (Å²) in [5, 5.41) is 2.74. The fourth-order valence-electron chi connectivity index (χ4n) is 2.25. The van der Waals surface area contributed by atoms with Crippen molar-refractivity contribution in [2.75, 3.05) is 20.3 Å². The van der Waals surface area contributed by atoms with Crippen LogP contribution in [0.2, 0.25) is 0 Å². The van der Waals surface area contributed by atoms with E-state index in [2.05, 4.69) is 23.7 Å². The van der Waals surface area contributed by atoms with Crippen LogP contribution in [-0.4, -0.2) is 26.2 Å². The Balaban J connectivity index is 1.82. The summed E-state index contributed by atoms with van der Waals surface area (Å²) in [6.07, 6.45) is 2.58. The van der Waals surface area contributed by atoms with Crippen molar-refractivity contribution in [3.05, 3.63) is 72.3 Å². The van der Waals surface area contributed by atoms with E-state index in [1.54, 1.807) is 18.2 Å². The smallest absolute Gasteiger partial charge is 0.255 e. The van der Waals surface area contributed by atoms with Crippen molar-refractivity contribution >= 4 is 5.91 Å². The van der Waals surface area contributed by atoms with Gasteiger partial charge < -0.3 is 14.8 Å². The van der Waals surface area contributed by atoms with Crippen molar-refractivity contribution < 1.29 is 14.3 Å². The van der Waals surface area contributed by atoms with Crippen LogP contribution in [0.25, 0.3) is 0 Å². The highest BCUT2D eigenvalue weighted by molar-refractivity contribution is 5.97. The summed E-state index contributed by atoms with van der Waals surface area (Å²) in [5.74, 6) is 6.89. The lowest BCUT2D eigenvalue weighted by Gasteiger charge is -2.07. The maximum atomic E-state index is 12.1. The van der Waals surface area contributed by atoms with Crippen molar-refractivity contribution in [2.24, 2.45) is 0 Å². The van der Waals surface area contributed by atoms with Gasteiger partial charge in [0.1, 0.15) is 18.1 Å². The second-order valence-corrected chi connectivity index (χ2v) is 5.13. The number of carbonyl (C=O) groups excluding carboxylic acids is 1. The molecule has 0 unspecified atom stereocenters. The fraction of sp³-hybridized carbons (Fsp3) is 0.190. The van der Waals surface area contributed by atoms with E-state index in [0.717, 1.165) is 17.7 Å². The Morgan fingerprint density at radius 2 is 1.84 bits per heavy atom. The van der Waals surface area contributed by atoms with E-state index in [4.69, 9.17) is 9.47 Å². The fourth-order valence-corrected chi connectivity index (χ4v) is 2.25. The maximum Gasteiger partial charge on any atom is 0.255 e. The number of methoxy groups -OCH3 is 1. The van der Waals surface area contributed by atoms with Gasteiger partial charge in [-0.2, -0.15) is 0 Å². The Bertz CT molecular complexity index is 787. The van der Waals surface area contributed by atoms with Crippen LogP contribution in [0.5, 0.6) is 11.5 Å². The zero-order chi connectivity index (χ0) is 17.9. The van der Waals surface area contributed by atoms with Crippen molar-refractivity contribution in [1.82, 2.24) is 5.32 Å². The predicted octanol–water partition coefficient (Wildman–Crippen LogP) is 3.24. The molecule has 0 saturated heterocycles. The molecule has 0 atom stereocenters. The van der Waals surface area contributed by atoms with E-state index < -0.39 is 0 Å². The minimum atomic E-state index is -0.219. The topological polar surface area (TPSA) is 47.6 Å². The summed E-state index contributed by atoms with van der Waals surface area (Å²) >= 11 is 0. The lowest BCUT2D eigenvalue weighted by atomic mass is 10.1. The molecule has 0 heterocycles. The summed E-state index contributed by atoms with van der Waals surface area (Å²) < 4.78 is 10.8. The Morgan fingerprint density at radius 1 is 1.12 bits per heavy atom. The van der Waals surface area contributed by atoms with Gasteiger partial charge in [-0.15, -0.1) is 6.58 Å². The van der Waals surface area contributed by atoms with Gasteiger partial charge in [0.25, 0.3) is 5.91 Å². The molecule has 2 aromatic rings. The third-order valence-electron chi connectivity index (χ3n) is 3.45. The number of benzene rings is 2. The van der Waals surface area contributed by atoms with Gasteiger partial charge in [-0.3, -0.25) is 4.79 Å². The minimum Gasteiger partial charge on any atom is -0.496 e. The SMILES string of the molecule is C=CCc1ccccc1OCC#CCNC(=O)c1ccccc1OC. The molecule has 0 fully saturated rings. The zero-order valence-corrected chi connectivity index (χ0v) is 14.2. The molecule has 4 nitrogen and oxygen atoms in total. The Labute approximate surface area is 148 Å². The number of ether oxygens (including phenoxy) is 2. The van der Waals surface area contributed by atoms with Crippen LogP contribution in [0.3, 0.4) is 0 Å². The van der Waals surface area contributed by atoms with E-state index in [9.17, 15) is 4.79 Å². The summed E-state index contributed by atoms with van der Waals surface area (Å²) in [6, 6.07) is 14.8. The molecular formula is C21H21NO3.